The lowest BCUT2D eigenvalue weighted by Crippen LogP contribution is -2.58. The molecule has 0 saturated carbocycles. The molecule has 1 aliphatic rings. The van der Waals surface area contributed by atoms with Gasteiger partial charge in [-0.05, 0) is 13.8 Å². The molecule has 0 bridgehead atoms. The zero-order chi connectivity index (χ0) is 10.3. The summed E-state index contributed by atoms with van der Waals surface area (Å²) in [7, 11) is 0. The van der Waals surface area contributed by atoms with Crippen molar-refractivity contribution in [3.8, 4) is 0 Å². The summed E-state index contributed by atoms with van der Waals surface area (Å²) in [5, 5.41) is 0. The molecule has 0 unspecified atom stereocenters. The van der Waals surface area contributed by atoms with Gasteiger partial charge in [-0.2, -0.15) is 13.2 Å². The lowest BCUT2D eigenvalue weighted by Gasteiger charge is -2.50. The zero-order valence-electron chi connectivity index (χ0n) is 8.28. The quantitative estimate of drug-likeness (QED) is 0.654. The molecule has 0 aliphatic carbocycles. The lowest BCUT2D eigenvalue weighted by molar-refractivity contribution is -0.179. The summed E-state index contributed by atoms with van der Waals surface area (Å²) in [5.74, 6) is 0. The van der Waals surface area contributed by atoms with Crippen LogP contribution in [0, 0.1) is 5.41 Å². The van der Waals surface area contributed by atoms with Gasteiger partial charge in [-0.1, -0.05) is 6.92 Å². The Labute approximate surface area is 76.9 Å². The van der Waals surface area contributed by atoms with E-state index in [-0.39, 0.29) is 0 Å². The Morgan fingerprint density at radius 1 is 1.31 bits per heavy atom. The fourth-order valence-corrected chi connectivity index (χ4v) is 1.90. The van der Waals surface area contributed by atoms with Crippen LogP contribution in [0.25, 0.3) is 0 Å². The number of nitrogens with zero attached hydrogens (tertiary/aromatic N) is 1. The first-order valence-electron chi connectivity index (χ1n) is 4.53. The minimum Gasteiger partial charge on any atom is -0.300 e. The highest BCUT2D eigenvalue weighted by atomic mass is 19.4. The molecule has 1 aliphatic heterocycles. The summed E-state index contributed by atoms with van der Waals surface area (Å²) in [6, 6.07) is 0.362. The highest BCUT2D eigenvalue weighted by Crippen LogP contribution is 2.40. The molecular formula is C9H16F3N. The van der Waals surface area contributed by atoms with Crippen LogP contribution in [-0.4, -0.2) is 30.2 Å². The van der Waals surface area contributed by atoms with Crippen LogP contribution < -0.4 is 0 Å². The number of rotatable bonds is 2. The molecule has 4 heteroatoms. The number of hydrogen-bond acceptors (Lipinski definition) is 1. The van der Waals surface area contributed by atoms with Crippen molar-refractivity contribution in [1.29, 1.82) is 0 Å². The Morgan fingerprint density at radius 2 is 1.77 bits per heavy atom. The highest BCUT2D eigenvalue weighted by molar-refractivity contribution is 4.94. The number of halogens is 3. The average molecular weight is 195 g/mol. The van der Waals surface area contributed by atoms with E-state index in [1.807, 2.05) is 13.8 Å². The standard InChI is InChI=1S/C9H16F3N/c1-7(2)13-5-8(3,6-13)4-9(10,11)12/h7H,4-6H2,1-3H3. The van der Waals surface area contributed by atoms with Gasteiger partial charge in [0.1, 0.15) is 0 Å². The van der Waals surface area contributed by atoms with Crippen molar-refractivity contribution in [2.45, 2.75) is 39.4 Å². The van der Waals surface area contributed by atoms with Gasteiger partial charge in [0.2, 0.25) is 0 Å². The summed E-state index contributed by atoms with van der Waals surface area (Å²) in [5.41, 5.74) is -0.539. The minimum atomic E-state index is -4.02. The van der Waals surface area contributed by atoms with Crippen molar-refractivity contribution in [2.24, 2.45) is 5.41 Å². The van der Waals surface area contributed by atoms with Gasteiger partial charge in [0, 0.05) is 24.5 Å². The second-order valence-corrected chi connectivity index (χ2v) is 4.60. The van der Waals surface area contributed by atoms with Gasteiger partial charge in [-0.25, -0.2) is 0 Å². The third-order valence-corrected chi connectivity index (χ3v) is 2.53. The van der Waals surface area contributed by atoms with E-state index in [4.69, 9.17) is 0 Å². The molecule has 0 N–H and O–H groups in total. The van der Waals surface area contributed by atoms with Gasteiger partial charge in [-0.3, -0.25) is 4.90 Å². The van der Waals surface area contributed by atoms with E-state index in [0.29, 0.717) is 19.1 Å². The highest BCUT2D eigenvalue weighted by Gasteiger charge is 2.47. The van der Waals surface area contributed by atoms with E-state index in [1.54, 1.807) is 6.92 Å². The predicted octanol–water partition coefficient (Wildman–Crippen LogP) is 2.67. The van der Waals surface area contributed by atoms with Crippen LogP contribution in [0.3, 0.4) is 0 Å². The number of hydrogen-bond donors (Lipinski definition) is 0. The van der Waals surface area contributed by atoms with E-state index in [9.17, 15) is 13.2 Å². The smallest absolute Gasteiger partial charge is 0.300 e. The molecule has 0 spiro atoms. The van der Waals surface area contributed by atoms with Crippen molar-refractivity contribution < 1.29 is 13.2 Å². The molecule has 0 atom stereocenters. The molecule has 1 saturated heterocycles. The van der Waals surface area contributed by atoms with Crippen LogP contribution >= 0.6 is 0 Å². The van der Waals surface area contributed by atoms with Crippen molar-refractivity contribution >= 4 is 0 Å². The third-order valence-electron chi connectivity index (χ3n) is 2.53. The van der Waals surface area contributed by atoms with Crippen molar-refractivity contribution in [2.75, 3.05) is 13.1 Å². The molecule has 0 amide bonds. The Balaban J connectivity index is 2.38. The Hall–Kier alpha value is -0.250. The van der Waals surface area contributed by atoms with Gasteiger partial charge in [0.25, 0.3) is 0 Å². The molecule has 1 fully saturated rings. The Kier molecular flexibility index (Phi) is 2.63. The van der Waals surface area contributed by atoms with Crippen LogP contribution in [0.5, 0.6) is 0 Å². The summed E-state index contributed by atoms with van der Waals surface area (Å²) in [4.78, 5) is 2.06. The Bertz CT molecular complexity index is 180. The fourth-order valence-electron chi connectivity index (χ4n) is 1.90. The van der Waals surface area contributed by atoms with E-state index < -0.39 is 18.0 Å². The monoisotopic (exact) mass is 195 g/mol. The van der Waals surface area contributed by atoms with Crippen LogP contribution in [-0.2, 0) is 0 Å². The van der Waals surface area contributed by atoms with Crippen LogP contribution in [0.4, 0.5) is 13.2 Å². The molecule has 1 heterocycles. The van der Waals surface area contributed by atoms with Gasteiger partial charge in [0.15, 0.2) is 0 Å². The first kappa shape index (κ1) is 10.8. The van der Waals surface area contributed by atoms with Crippen molar-refractivity contribution in [1.82, 2.24) is 4.90 Å². The number of likely N-dealkylation sites (tertiary alicyclic amines) is 1. The second kappa shape index (κ2) is 3.15. The predicted molar refractivity (Wildman–Crippen MR) is 45.5 cm³/mol. The average Bonchev–Trinajstić information content (AvgIpc) is 1.77. The first-order valence-corrected chi connectivity index (χ1v) is 4.53. The fraction of sp³-hybridized carbons (Fsp3) is 1.00. The summed E-state index contributed by atoms with van der Waals surface area (Å²) in [6.07, 6.45) is -4.67. The van der Waals surface area contributed by atoms with Crippen LogP contribution in [0.1, 0.15) is 27.2 Å². The largest absolute Gasteiger partial charge is 0.389 e. The third kappa shape index (κ3) is 2.86. The molecule has 0 aromatic heterocycles. The van der Waals surface area contributed by atoms with E-state index in [2.05, 4.69) is 4.90 Å². The van der Waals surface area contributed by atoms with E-state index >= 15 is 0 Å². The van der Waals surface area contributed by atoms with Gasteiger partial charge in [-0.15, -0.1) is 0 Å². The van der Waals surface area contributed by atoms with E-state index in [1.165, 1.54) is 0 Å². The molecule has 0 radical (unpaired) electrons. The molecule has 0 aromatic carbocycles. The van der Waals surface area contributed by atoms with Gasteiger partial charge >= 0.3 is 6.18 Å². The molecule has 0 aromatic rings. The molecular weight excluding hydrogens is 179 g/mol. The summed E-state index contributed by atoms with van der Waals surface area (Å²) < 4.78 is 36.2. The SMILES string of the molecule is CC(C)N1CC(C)(CC(F)(F)F)C1. The maximum absolute atomic E-state index is 12.1. The van der Waals surface area contributed by atoms with Crippen molar-refractivity contribution in [3.63, 3.8) is 0 Å². The molecule has 13 heavy (non-hydrogen) atoms. The topological polar surface area (TPSA) is 3.24 Å². The normalized spacial score (nSPS) is 23.3. The molecule has 78 valence electrons. The van der Waals surface area contributed by atoms with Crippen LogP contribution in [0.15, 0.2) is 0 Å². The summed E-state index contributed by atoms with van der Waals surface area (Å²) in [6.45, 7) is 6.87. The van der Waals surface area contributed by atoms with Gasteiger partial charge < -0.3 is 0 Å². The first-order chi connectivity index (χ1) is 5.72. The second-order valence-electron chi connectivity index (χ2n) is 4.60. The van der Waals surface area contributed by atoms with E-state index in [0.717, 1.165) is 0 Å². The minimum absolute atomic E-state index is 0.362. The summed E-state index contributed by atoms with van der Waals surface area (Å²) >= 11 is 0. The maximum Gasteiger partial charge on any atom is 0.389 e. The maximum atomic E-state index is 12.1. The van der Waals surface area contributed by atoms with Crippen molar-refractivity contribution in [3.05, 3.63) is 0 Å². The number of alkyl halides is 3. The van der Waals surface area contributed by atoms with Crippen LogP contribution in [0.2, 0.25) is 0 Å². The molecule has 1 rings (SSSR count). The Morgan fingerprint density at radius 3 is 2.08 bits per heavy atom. The lowest BCUT2D eigenvalue weighted by atomic mass is 9.78. The molecule has 1 nitrogen and oxygen atoms in total. The van der Waals surface area contributed by atoms with Gasteiger partial charge in [0.05, 0.1) is 6.42 Å². The zero-order valence-corrected chi connectivity index (χ0v) is 8.28.